The lowest BCUT2D eigenvalue weighted by molar-refractivity contribution is -0.143. The fourth-order valence-corrected chi connectivity index (χ4v) is 3.15. The van der Waals surface area contributed by atoms with E-state index in [9.17, 15) is 14.7 Å². The third-order valence-corrected chi connectivity index (χ3v) is 4.57. The second-order valence-corrected chi connectivity index (χ2v) is 6.12. The van der Waals surface area contributed by atoms with Gasteiger partial charge >= 0.3 is 5.97 Å². The van der Waals surface area contributed by atoms with E-state index in [0.29, 0.717) is 48.9 Å². The largest absolute Gasteiger partial charge is 0.493 e. The van der Waals surface area contributed by atoms with Crippen LogP contribution >= 0.6 is 0 Å². The lowest BCUT2D eigenvalue weighted by atomic mass is 9.93. The van der Waals surface area contributed by atoms with Gasteiger partial charge in [-0.3, -0.25) is 9.59 Å². The highest BCUT2D eigenvalue weighted by Crippen LogP contribution is 2.41. The summed E-state index contributed by atoms with van der Waals surface area (Å²) < 4.78 is 16.4. The van der Waals surface area contributed by atoms with Gasteiger partial charge in [0.05, 0.1) is 13.0 Å². The number of piperidine rings is 1. The molecule has 1 saturated heterocycles. The van der Waals surface area contributed by atoms with Crippen LogP contribution in [0.5, 0.6) is 17.2 Å². The Kier molecular flexibility index (Phi) is 4.51. The molecule has 7 nitrogen and oxygen atoms in total. The molecule has 0 saturated carbocycles. The number of benzene rings is 1. The van der Waals surface area contributed by atoms with Crippen molar-refractivity contribution in [2.24, 2.45) is 5.92 Å². The third-order valence-electron chi connectivity index (χ3n) is 4.57. The summed E-state index contributed by atoms with van der Waals surface area (Å²) in [6, 6.07) is 3.25. The smallest absolute Gasteiger partial charge is 0.308 e. The summed E-state index contributed by atoms with van der Waals surface area (Å²) in [7, 11) is 1.51. The summed E-state index contributed by atoms with van der Waals surface area (Å²) in [6.07, 6.45) is 1.26. The zero-order valence-corrected chi connectivity index (χ0v) is 13.8. The summed E-state index contributed by atoms with van der Waals surface area (Å²) in [4.78, 5) is 25.8. The lowest BCUT2D eigenvalue weighted by Gasteiger charge is -2.36. The van der Waals surface area contributed by atoms with Crippen LogP contribution < -0.4 is 14.2 Å². The van der Waals surface area contributed by atoms with Crippen molar-refractivity contribution in [2.45, 2.75) is 25.8 Å². The van der Waals surface area contributed by atoms with Crippen molar-refractivity contribution in [3.8, 4) is 17.2 Å². The van der Waals surface area contributed by atoms with E-state index in [-0.39, 0.29) is 18.5 Å². The van der Waals surface area contributed by atoms with E-state index < -0.39 is 11.9 Å². The van der Waals surface area contributed by atoms with Crippen LogP contribution in [-0.2, 0) is 4.79 Å². The maximum absolute atomic E-state index is 12.9. The second-order valence-electron chi connectivity index (χ2n) is 6.12. The van der Waals surface area contributed by atoms with Gasteiger partial charge in [0.2, 0.25) is 5.75 Å². The first kappa shape index (κ1) is 16.4. The van der Waals surface area contributed by atoms with Gasteiger partial charge in [0.25, 0.3) is 5.91 Å². The van der Waals surface area contributed by atoms with Gasteiger partial charge in [-0.15, -0.1) is 0 Å². The van der Waals surface area contributed by atoms with Gasteiger partial charge in [-0.25, -0.2) is 0 Å². The normalized spacial score (nSPS) is 22.8. The summed E-state index contributed by atoms with van der Waals surface area (Å²) in [5.74, 6) is -0.193. The highest BCUT2D eigenvalue weighted by molar-refractivity contribution is 5.96. The Morgan fingerprint density at radius 3 is 2.71 bits per heavy atom. The standard InChI is InChI=1S/C17H21NO6/c1-10-3-4-11(17(20)21)9-18(10)16(19)12-7-13(22-2)15-14(8-12)23-5-6-24-15/h7-8,10-11H,3-6,9H2,1-2H3,(H,20,21). The number of ether oxygens (including phenoxy) is 3. The van der Waals surface area contributed by atoms with Crippen LogP contribution in [0.15, 0.2) is 12.1 Å². The first-order chi connectivity index (χ1) is 11.5. The van der Waals surface area contributed by atoms with E-state index >= 15 is 0 Å². The first-order valence-electron chi connectivity index (χ1n) is 8.02. The molecule has 0 spiro atoms. The Balaban J connectivity index is 1.90. The van der Waals surface area contributed by atoms with Crippen molar-refractivity contribution < 1.29 is 28.9 Å². The fraction of sp³-hybridized carbons (Fsp3) is 0.529. The number of carboxylic acids is 1. The minimum Gasteiger partial charge on any atom is -0.493 e. The van der Waals surface area contributed by atoms with E-state index in [1.54, 1.807) is 17.0 Å². The van der Waals surface area contributed by atoms with Crippen molar-refractivity contribution in [3.63, 3.8) is 0 Å². The quantitative estimate of drug-likeness (QED) is 0.906. The van der Waals surface area contributed by atoms with E-state index in [1.165, 1.54) is 7.11 Å². The van der Waals surface area contributed by atoms with Crippen LogP contribution in [0.4, 0.5) is 0 Å². The highest BCUT2D eigenvalue weighted by Gasteiger charge is 2.34. The molecular formula is C17H21NO6. The molecule has 7 heteroatoms. The van der Waals surface area contributed by atoms with E-state index in [4.69, 9.17) is 14.2 Å². The van der Waals surface area contributed by atoms with E-state index in [1.807, 2.05) is 6.92 Å². The Hall–Kier alpha value is -2.44. The van der Waals surface area contributed by atoms with Gasteiger partial charge in [-0.05, 0) is 31.9 Å². The van der Waals surface area contributed by atoms with Crippen LogP contribution in [0, 0.1) is 5.92 Å². The number of aliphatic carboxylic acids is 1. The average molecular weight is 335 g/mol. The molecule has 2 atom stereocenters. The van der Waals surface area contributed by atoms with Crippen LogP contribution in [0.2, 0.25) is 0 Å². The van der Waals surface area contributed by atoms with Gasteiger partial charge in [-0.2, -0.15) is 0 Å². The summed E-state index contributed by atoms with van der Waals surface area (Å²) in [6.45, 7) is 2.99. The van der Waals surface area contributed by atoms with E-state index in [2.05, 4.69) is 0 Å². The Morgan fingerprint density at radius 2 is 2.00 bits per heavy atom. The second kappa shape index (κ2) is 6.59. The monoisotopic (exact) mass is 335 g/mol. The molecule has 2 aliphatic rings. The van der Waals surface area contributed by atoms with Gasteiger partial charge in [0.15, 0.2) is 11.5 Å². The molecule has 2 unspecified atom stereocenters. The number of fused-ring (bicyclic) bond motifs is 1. The molecule has 130 valence electrons. The molecule has 0 aliphatic carbocycles. The van der Waals surface area contributed by atoms with Gasteiger partial charge in [0.1, 0.15) is 13.2 Å². The molecule has 2 heterocycles. The molecule has 1 N–H and O–H groups in total. The Morgan fingerprint density at radius 1 is 1.25 bits per heavy atom. The zero-order valence-electron chi connectivity index (χ0n) is 13.8. The van der Waals surface area contributed by atoms with Crippen LogP contribution in [0.3, 0.4) is 0 Å². The average Bonchev–Trinajstić information content (AvgIpc) is 2.60. The number of nitrogens with zero attached hydrogens (tertiary/aromatic N) is 1. The maximum Gasteiger partial charge on any atom is 0.308 e. The summed E-state index contributed by atoms with van der Waals surface area (Å²) in [5, 5.41) is 9.24. The Bertz CT molecular complexity index is 641. The third kappa shape index (κ3) is 2.98. The van der Waals surface area contributed by atoms with Crippen molar-refractivity contribution >= 4 is 11.9 Å². The molecule has 0 radical (unpaired) electrons. The zero-order chi connectivity index (χ0) is 17.3. The minimum absolute atomic E-state index is 0.00713. The number of methoxy groups -OCH3 is 1. The summed E-state index contributed by atoms with van der Waals surface area (Å²) in [5.41, 5.74) is 0.411. The van der Waals surface area contributed by atoms with Crippen molar-refractivity contribution in [1.82, 2.24) is 4.90 Å². The van der Waals surface area contributed by atoms with Crippen molar-refractivity contribution in [2.75, 3.05) is 26.9 Å². The van der Waals surface area contributed by atoms with E-state index in [0.717, 1.165) is 0 Å². The highest BCUT2D eigenvalue weighted by atomic mass is 16.6. The van der Waals surface area contributed by atoms with Gasteiger partial charge < -0.3 is 24.2 Å². The molecule has 1 amide bonds. The molecule has 2 aliphatic heterocycles. The van der Waals surface area contributed by atoms with Crippen LogP contribution in [0.25, 0.3) is 0 Å². The number of hydrogen-bond donors (Lipinski definition) is 1. The number of rotatable bonds is 3. The number of amides is 1. The predicted octanol–water partition coefficient (Wildman–Crippen LogP) is 1.79. The first-order valence-corrected chi connectivity index (χ1v) is 8.02. The lowest BCUT2D eigenvalue weighted by Crippen LogP contribution is -2.47. The SMILES string of the molecule is COc1cc(C(=O)N2CC(C(=O)O)CCC2C)cc2c1OCCO2. The molecule has 3 rings (SSSR count). The number of carboxylic acid groups (broad SMARTS) is 1. The summed E-state index contributed by atoms with van der Waals surface area (Å²) >= 11 is 0. The molecule has 1 fully saturated rings. The molecule has 0 bridgehead atoms. The minimum atomic E-state index is -0.862. The number of likely N-dealkylation sites (tertiary alicyclic amines) is 1. The molecule has 24 heavy (non-hydrogen) atoms. The molecule has 0 aromatic heterocycles. The molecule has 1 aromatic carbocycles. The molecular weight excluding hydrogens is 314 g/mol. The number of carbonyl (C=O) groups excluding carboxylic acids is 1. The topological polar surface area (TPSA) is 85.3 Å². The predicted molar refractivity (Wildman–Crippen MR) is 84.8 cm³/mol. The van der Waals surface area contributed by atoms with Crippen LogP contribution in [0.1, 0.15) is 30.1 Å². The number of carbonyl (C=O) groups is 2. The fourth-order valence-electron chi connectivity index (χ4n) is 3.15. The maximum atomic E-state index is 12.9. The molecule has 1 aromatic rings. The Labute approximate surface area is 140 Å². The number of hydrogen-bond acceptors (Lipinski definition) is 5. The van der Waals surface area contributed by atoms with Gasteiger partial charge in [0, 0.05) is 18.2 Å². The van der Waals surface area contributed by atoms with Gasteiger partial charge in [-0.1, -0.05) is 0 Å². The van der Waals surface area contributed by atoms with Crippen molar-refractivity contribution in [1.29, 1.82) is 0 Å². The van der Waals surface area contributed by atoms with Crippen molar-refractivity contribution in [3.05, 3.63) is 17.7 Å². The van der Waals surface area contributed by atoms with Crippen LogP contribution in [-0.4, -0.2) is 54.8 Å².